The highest BCUT2D eigenvalue weighted by Gasteiger charge is 2.25. The summed E-state index contributed by atoms with van der Waals surface area (Å²) in [6, 6.07) is 19.4. The maximum absolute atomic E-state index is 13.0. The number of anilines is 1. The fourth-order valence-corrected chi connectivity index (χ4v) is 5.02. The SMILES string of the molecule is COc1ccc(CCC(=O)Nc2ccc(C3CCN(C(=O)c4ccc5nc[nH]c5c4)CC3)cc2)cc1OC. The van der Waals surface area contributed by atoms with Crippen molar-refractivity contribution in [1.29, 1.82) is 0 Å². The van der Waals surface area contributed by atoms with E-state index in [0.717, 1.165) is 48.2 Å². The van der Waals surface area contributed by atoms with Gasteiger partial charge in [-0.1, -0.05) is 18.2 Å². The van der Waals surface area contributed by atoms with Crippen molar-refractivity contribution in [1.82, 2.24) is 14.9 Å². The number of carbonyl (C=O) groups excluding carboxylic acids is 2. The number of aryl methyl sites for hydroxylation is 1. The molecule has 0 bridgehead atoms. The van der Waals surface area contributed by atoms with Crippen LogP contribution in [0.25, 0.3) is 11.0 Å². The summed E-state index contributed by atoms with van der Waals surface area (Å²) in [4.78, 5) is 34.7. The third-order valence-electron chi connectivity index (χ3n) is 7.20. The van der Waals surface area contributed by atoms with Gasteiger partial charge in [-0.05, 0) is 78.8 Å². The first-order chi connectivity index (χ1) is 18.5. The van der Waals surface area contributed by atoms with Gasteiger partial charge < -0.3 is 24.7 Å². The van der Waals surface area contributed by atoms with Gasteiger partial charge in [0.1, 0.15) is 0 Å². The summed E-state index contributed by atoms with van der Waals surface area (Å²) >= 11 is 0. The van der Waals surface area contributed by atoms with Crippen molar-refractivity contribution >= 4 is 28.5 Å². The van der Waals surface area contributed by atoms with Crippen LogP contribution in [-0.4, -0.2) is 54.0 Å². The van der Waals surface area contributed by atoms with Crippen molar-refractivity contribution in [3.63, 3.8) is 0 Å². The first kappa shape index (κ1) is 25.3. The zero-order valence-corrected chi connectivity index (χ0v) is 21.7. The third-order valence-corrected chi connectivity index (χ3v) is 7.20. The third kappa shape index (κ3) is 5.64. The molecule has 0 radical (unpaired) electrons. The Bertz CT molecular complexity index is 1420. The van der Waals surface area contributed by atoms with Crippen molar-refractivity contribution in [2.45, 2.75) is 31.6 Å². The molecule has 8 heteroatoms. The van der Waals surface area contributed by atoms with E-state index in [2.05, 4.69) is 27.4 Å². The van der Waals surface area contributed by atoms with Crippen LogP contribution in [-0.2, 0) is 11.2 Å². The molecule has 0 saturated carbocycles. The molecule has 1 aromatic heterocycles. The highest BCUT2D eigenvalue weighted by atomic mass is 16.5. The molecule has 5 rings (SSSR count). The molecule has 1 aliphatic heterocycles. The van der Waals surface area contributed by atoms with E-state index in [1.54, 1.807) is 20.5 Å². The van der Waals surface area contributed by atoms with Crippen LogP contribution < -0.4 is 14.8 Å². The van der Waals surface area contributed by atoms with Crippen molar-refractivity contribution in [2.75, 3.05) is 32.6 Å². The second kappa shape index (κ2) is 11.4. The normalized spacial score (nSPS) is 13.9. The minimum atomic E-state index is -0.0346. The standard InChI is InChI=1S/C30H32N4O4/c1-37-27-11-3-20(17-28(27)38-2)4-12-29(35)33-24-8-5-21(6-9-24)22-13-15-34(16-14-22)30(36)23-7-10-25-26(18-23)32-19-31-25/h3,5-11,17-19,22H,4,12-16H2,1-2H3,(H,31,32)(H,33,35). The van der Waals surface area contributed by atoms with E-state index in [9.17, 15) is 9.59 Å². The van der Waals surface area contributed by atoms with Gasteiger partial charge in [-0.25, -0.2) is 4.98 Å². The summed E-state index contributed by atoms with van der Waals surface area (Å²) in [7, 11) is 3.20. The lowest BCUT2D eigenvalue weighted by molar-refractivity contribution is -0.116. The molecule has 1 saturated heterocycles. The molecule has 8 nitrogen and oxygen atoms in total. The number of piperidine rings is 1. The quantitative estimate of drug-likeness (QED) is 0.340. The van der Waals surface area contributed by atoms with Crippen molar-refractivity contribution in [2.24, 2.45) is 0 Å². The number of nitrogens with one attached hydrogen (secondary N) is 2. The van der Waals surface area contributed by atoms with E-state index in [1.165, 1.54) is 5.56 Å². The summed E-state index contributed by atoms with van der Waals surface area (Å²) in [5, 5.41) is 2.99. The van der Waals surface area contributed by atoms with Gasteiger partial charge in [0.2, 0.25) is 5.91 Å². The molecule has 1 aliphatic rings. The molecule has 1 fully saturated rings. The number of likely N-dealkylation sites (tertiary alicyclic amines) is 1. The molecule has 0 spiro atoms. The number of hydrogen-bond acceptors (Lipinski definition) is 5. The summed E-state index contributed by atoms with van der Waals surface area (Å²) in [5.74, 6) is 1.75. The number of aromatic amines is 1. The number of nitrogens with zero attached hydrogens (tertiary/aromatic N) is 2. The Kier molecular flexibility index (Phi) is 7.58. The van der Waals surface area contributed by atoms with Crippen LogP contribution in [0.3, 0.4) is 0 Å². The van der Waals surface area contributed by atoms with E-state index in [0.29, 0.717) is 35.8 Å². The van der Waals surface area contributed by atoms with Crippen LogP contribution in [0.4, 0.5) is 5.69 Å². The first-order valence-electron chi connectivity index (χ1n) is 12.9. The number of imidazole rings is 1. The van der Waals surface area contributed by atoms with E-state index in [1.807, 2.05) is 53.4 Å². The van der Waals surface area contributed by atoms with Crippen LogP contribution in [0.15, 0.2) is 67.0 Å². The maximum Gasteiger partial charge on any atom is 0.253 e. The van der Waals surface area contributed by atoms with Gasteiger partial charge in [0.25, 0.3) is 5.91 Å². The number of H-pyrrole nitrogens is 1. The molecule has 196 valence electrons. The number of amides is 2. The fourth-order valence-electron chi connectivity index (χ4n) is 5.02. The fraction of sp³-hybridized carbons (Fsp3) is 0.300. The van der Waals surface area contributed by atoms with Crippen LogP contribution in [0.1, 0.15) is 46.7 Å². The highest BCUT2D eigenvalue weighted by Crippen LogP contribution is 2.30. The predicted molar refractivity (Wildman–Crippen MR) is 147 cm³/mol. The minimum absolute atomic E-state index is 0.0346. The van der Waals surface area contributed by atoms with Crippen LogP contribution in [0.2, 0.25) is 0 Å². The van der Waals surface area contributed by atoms with Crippen molar-refractivity contribution in [3.05, 3.63) is 83.7 Å². The number of aromatic nitrogens is 2. The van der Waals surface area contributed by atoms with Crippen molar-refractivity contribution in [3.8, 4) is 11.5 Å². The number of hydrogen-bond donors (Lipinski definition) is 2. The molecule has 0 unspecified atom stereocenters. The van der Waals surface area contributed by atoms with Gasteiger partial charge in [0.05, 0.1) is 31.6 Å². The molecule has 3 aromatic carbocycles. The lowest BCUT2D eigenvalue weighted by Gasteiger charge is -2.32. The van der Waals surface area contributed by atoms with Crippen LogP contribution >= 0.6 is 0 Å². The Morgan fingerprint density at radius 3 is 2.47 bits per heavy atom. The van der Waals surface area contributed by atoms with Gasteiger partial charge in [-0.3, -0.25) is 9.59 Å². The molecule has 0 aliphatic carbocycles. The topological polar surface area (TPSA) is 96.5 Å². The number of methoxy groups -OCH3 is 2. The first-order valence-corrected chi connectivity index (χ1v) is 12.9. The Morgan fingerprint density at radius 2 is 1.74 bits per heavy atom. The Hall–Kier alpha value is -4.33. The van der Waals surface area contributed by atoms with Gasteiger partial charge in [0, 0.05) is 30.8 Å². The second-order valence-electron chi connectivity index (χ2n) is 9.56. The monoisotopic (exact) mass is 512 g/mol. The molecule has 2 amide bonds. The molecule has 4 aromatic rings. The van der Waals surface area contributed by atoms with Crippen molar-refractivity contribution < 1.29 is 19.1 Å². The Morgan fingerprint density at radius 1 is 0.974 bits per heavy atom. The lowest BCUT2D eigenvalue weighted by atomic mass is 9.89. The lowest BCUT2D eigenvalue weighted by Crippen LogP contribution is -2.37. The van der Waals surface area contributed by atoms with Gasteiger partial charge in [-0.2, -0.15) is 0 Å². The summed E-state index contributed by atoms with van der Waals surface area (Å²) < 4.78 is 10.6. The Balaban J connectivity index is 1.11. The average Bonchev–Trinajstić information content (AvgIpc) is 3.44. The molecule has 38 heavy (non-hydrogen) atoms. The highest BCUT2D eigenvalue weighted by molar-refractivity contribution is 5.97. The van der Waals surface area contributed by atoms with Crippen LogP contribution in [0.5, 0.6) is 11.5 Å². The van der Waals surface area contributed by atoms with E-state index < -0.39 is 0 Å². The Labute approximate surface area is 222 Å². The summed E-state index contributed by atoms with van der Waals surface area (Å²) in [5.41, 5.74) is 5.45. The zero-order valence-electron chi connectivity index (χ0n) is 21.7. The minimum Gasteiger partial charge on any atom is -0.493 e. The van der Waals surface area contributed by atoms with Crippen LogP contribution in [0, 0.1) is 0 Å². The molecular formula is C30H32N4O4. The zero-order chi connectivity index (χ0) is 26.5. The number of rotatable bonds is 8. The number of carbonyl (C=O) groups is 2. The molecule has 0 atom stereocenters. The molecule has 2 N–H and O–H groups in total. The number of benzene rings is 3. The molecule has 2 heterocycles. The second-order valence-corrected chi connectivity index (χ2v) is 9.56. The smallest absolute Gasteiger partial charge is 0.253 e. The van der Waals surface area contributed by atoms with E-state index in [-0.39, 0.29) is 11.8 Å². The average molecular weight is 513 g/mol. The van der Waals surface area contributed by atoms with E-state index in [4.69, 9.17) is 9.47 Å². The summed E-state index contributed by atoms with van der Waals surface area (Å²) in [6.07, 6.45) is 4.44. The maximum atomic E-state index is 13.0. The van der Waals surface area contributed by atoms with Gasteiger partial charge in [-0.15, -0.1) is 0 Å². The summed E-state index contributed by atoms with van der Waals surface area (Å²) in [6.45, 7) is 1.44. The molecular weight excluding hydrogens is 480 g/mol. The largest absolute Gasteiger partial charge is 0.493 e. The van der Waals surface area contributed by atoms with Gasteiger partial charge in [0.15, 0.2) is 11.5 Å². The van der Waals surface area contributed by atoms with E-state index >= 15 is 0 Å². The number of fused-ring (bicyclic) bond motifs is 1. The number of ether oxygens (including phenoxy) is 2. The predicted octanol–water partition coefficient (Wildman–Crippen LogP) is 5.17. The van der Waals surface area contributed by atoms with Gasteiger partial charge >= 0.3 is 0 Å².